The molecule has 0 spiro atoms. The number of carbonyl (C=O) groups excluding carboxylic acids is 1. The minimum atomic E-state index is -0.210. The Balaban J connectivity index is 1.74. The Morgan fingerprint density at radius 1 is 1.30 bits per heavy atom. The van der Waals surface area contributed by atoms with Crippen LogP contribution in [0.3, 0.4) is 0 Å². The molecule has 0 aliphatic heterocycles. The van der Waals surface area contributed by atoms with Crippen LogP contribution in [0.25, 0.3) is 0 Å². The summed E-state index contributed by atoms with van der Waals surface area (Å²) in [5.74, 6) is 1.11. The van der Waals surface area contributed by atoms with Gasteiger partial charge >= 0.3 is 0 Å². The Labute approximate surface area is 158 Å². The highest BCUT2D eigenvalue weighted by atomic mass is 16.5. The van der Waals surface area contributed by atoms with Crippen molar-refractivity contribution in [3.8, 4) is 5.75 Å². The molecule has 3 aromatic rings. The van der Waals surface area contributed by atoms with Gasteiger partial charge in [0.15, 0.2) is 5.69 Å². The molecule has 0 radical (unpaired) electrons. The van der Waals surface area contributed by atoms with Gasteiger partial charge in [-0.1, -0.05) is 17.3 Å². The predicted octanol–water partition coefficient (Wildman–Crippen LogP) is 3.18. The van der Waals surface area contributed by atoms with E-state index in [-0.39, 0.29) is 18.2 Å². The van der Waals surface area contributed by atoms with Gasteiger partial charge in [0.2, 0.25) is 0 Å². The molecule has 1 amide bonds. The van der Waals surface area contributed by atoms with Crippen molar-refractivity contribution in [1.82, 2.24) is 19.8 Å². The smallest absolute Gasteiger partial charge is 0.276 e. The molecule has 3 rings (SSSR count). The molecule has 7 heteroatoms. The SMILES string of the molecule is Cc1cccc(OCc2c(C(=O)N(C)Cc3cn(C)nc3C)noc2C)c1. The van der Waals surface area contributed by atoms with Crippen molar-refractivity contribution < 1.29 is 14.1 Å². The molecule has 27 heavy (non-hydrogen) atoms. The zero-order valence-corrected chi connectivity index (χ0v) is 16.3. The van der Waals surface area contributed by atoms with Crippen LogP contribution in [-0.4, -0.2) is 32.8 Å². The highest BCUT2D eigenvalue weighted by molar-refractivity contribution is 5.93. The zero-order chi connectivity index (χ0) is 19.6. The lowest BCUT2D eigenvalue weighted by molar-refractivity contribution is 0.0772. The van der Waals surface area contributed by atoms with Crippen LogP contribution in [0.4, 0.5) is 0 Å². The summed E-state index contributed by atoms with van der Waals surface area (Å²) in [6.07, 6.45) is 1.91. The number of benzene rings is 1. The Kier molecular flexibility index (Phi) is 5.30. The van der Waals surface area contributed by atoms with E-state index in [2.05, 4.69) is 10.3 Å². The van der Waals surface area contributed by atoms with Crippen molar-refractivity contribution in [2.24, 2.45) is 7.05 Å². The van der Waals surface area contributed by atoms with Gasteiger partial charge in [0.1, 0.15) is 18.1 Å². The number of aromatic nitrogens is 3. The maximum atomic E-state index is 12.9. The van der Waals surface area contributed by atoms with Gasteiger partial charge in [-0.25, -0.2) is 0 Å². The van der Waals surface area contributed by atoms with E-state index in [0.29, 0.717) is 17.9 Å². The average molecular weight is 368 g/mol. The third kappa shape index (κ3) is 4.19. The number of ether oxygens (including phenoxy) is 1. The first-order valence-electron chi connectivity index (χ1n) is 8.74. The summed E-state index contributed by atoms with van der Waals surface area (Å²) < 4.78 is 12.8. The number of carbonyl (C=O) groups is 1. The molecule has 2 heterocycles. The molecule has 7 nitrogen and oxygen atoms in total. The monoisotopic (exact) mass is 368 g/mol. The molecule has 0 aliphatic rings. The molecule has 0 aliphatic carbocycles. The minimum absolute atomic E-state index is 0.210. The Hall–Kier alpha value is -3.09. The Morgan fingerprint density at radius 2 is 2.07 bits per heavy atom. The van der Waals surface area contributed by atoms with Crippen LogP contribution in [0.15, 0.2) is 35.0 Å². The van der Waals surface area contributed by atoms with Crippen molar-refractivity contribution >= 4 is 5.91 Å². The molecule has 0 fully saturated rings. The average Bonchev–Trinajstić information content (AvgIpc) is 3.14. The van der Waals surface area contributed by atoms with Crippen LogP contribution in [0.2, 0.25) is 0 Å². The number of rotatable bonds is 6. The maximum Gasteiger partial charge on any atom is 0.276 e. The van der Waals surface area contributed by atoms with E-state index >= 15 is 0 Å². The van der Waals surface area contributed by atoms with Gasteiger partial charge in [0.05, 0.1) is 11.3 Å². The second-order valence-corrected chi connectivity index (χ2v) is 6.75. The summed E-state index contributed by atoms with van der Waals surface area (Å²) >= 11 is 0. The topological polar surface area (TPSA) is 73.4 Å². The van der Waals surface area contributed by atoms with Crippen molar-refractivity contribution in [2.75, 3.05) is 7.05 Å². The standard InChI is InChI=1S/C20H24N4O3/c1-13-7-6-8-17(9-13)26-12-18-15(3)27-22-19(18)20(25)23(4)10-16-11-24(5)21-14(16)2/h6-9,11H,10,12H2,1-5H3. The first-order chi connectivity index (χ1) is 12.8. The number of nitrogens with zero attached hydrogens (tertiary/aromatic N) is 4. The van der Waals surface area contributed by atoms with Gasteiger partial charge < -0.3 is 14.2 Å². The molecule has 0 N–H and O–H groups in total. The summed E-state index contributed by atoms with van der Waals surface area (Å²) in [6, 6.07) is 7.76. The predicted molar refractivity (Wildman–Crippen MR) is 100 cm³/mol. The van der Waals surface area contributed by atoms with E-state index in [1.165, 1.54) is 0 Å². The third-order valence-electron chi connectivity index (χ3n) is 4.43. The second-order valence-electron chi connectivity index (χ2n) is 6.75. The summed E-state index contributed by atoms with van der Waals surface area (Å²) in [4.78, 5) is 14.5. The zero-order valence-electron chi connectivity index (χ0n) is 16.3. The van der Waals surface area contributed by atoms with Crippen molar-refractivity contribution in [2.45, 2.75) is 33.9 Å². The third-order valence-corrected chi connectivity index (χ3v) is 4.43. The number of amides is 1. The molecule has 0 atom stereocenters. The largest absolute Gasteiger partial charge is 0.489 e. The molecule has 142 valence electrons. The molecule has 0 saturated carbocycles. The van der Waals surface area contributed by atoms with Gasteiger partial charge in [-0.15, -0.1) is 0 Å². The molecule has 2 aromatic heterocycles. The highest BCUT2D eigenvalue weighted by Crippen LogP contribution is 2.20. The molecule has 0 saturated heterocycles. The lowest BCUT2D eigenvalue weighted by Crippen LogP contribution is -2.27. The number of aryl methyl sites for hydroxylation is 4. The van der Waals surface area contributed by atoms with Gasteiger partial charge in [0, 0.05) is 32.4 Å². The number of hydrogen-bond acceptors (Lipinski definition) is 5. The van der Waals surface area contributed by atoms with Crippen LogP contribution < -0.4 is 4.74 Å². The van der Waals surface area contributed by atoms with Crippen LogP contribution in [0.5, 0.6) is 5.75 Å². The molecule has 0 bridgehead atoms. The molecule has 1 aromatic carbocycles. The van der Waals surface area contributed by atoms with E-state index in [4.69, 9.17) is 9.26 Å². The first-order valence-corrected chi connectivity index (χ1v) is 8.74. The quantitative estimate of drug-likeness (QED) is 0.668. The summed E-state index contributed by atoms with van der Waals surface area (Å²) in [5, 5.41) is 8.28. The fourth-order valence-electron chi connectivity index (χ4n) is 2.90. The molecule has 0 unspecified atom stereocenters. The van der Waals surface area contributed by atoms with Crippen molar-refractivity contribution in [1.29, 1.82) is 0 Å². The summed E-state index contributed by atoms with van der Waals surface area (Å²) in [5.41, 5.74) is 3.94. The fraction of sp³-hybridized carbons (Fsp3) is 0.350. The fourth-order valence-corrected chi connectivity index (χ4v) is 2.90. The Morgan fingerprint density at radius 3 is 2.74 bits per heavy atom. The van der Waals surface area contributed by atoms with Crippen LogP contribution in [0.1, 0.15) is 38.6 Å². The van der Waals surface area contributed by atoms with Crippen LogP contribution >= 0.6 is 0 Å². The molecular weight excluding hydrogens is 344 g/mol. The number of hydrogen-bond donors (Lipinski definition) is 0. The summed E-state index contributed by atoms with van der Waals surface area (Å²) in [7, 11) is 3.60. The van der Waals surface area contributed by atoms with Gasteiger partial charge in [-0.05, 0) is 38.5 Å². The second kappa shape index (κ2) is 7.65. The maximum absolute atomic E-state index is 12.9. The molecular formula is C20H24N4O3. The van der Waals surface area contributed by atoms with Crippen LogP contribution in [-0.2, 0) is 20.2 Å². The highest BCUT2D eigenvalue weighted by Gasteiger charge is 2.24. The minimum Gasteiger partial charge on any atom is -0.489 e. The Bertz CT molecular complexity index is 958. The van der Waals surface area contributed by atoms with E-state index in [0.717, 1.165) is 22.6 Å². The normalized spacial score (nSPS) is 10.9. The van der Waals surface area contributed by atoms with E-state index in [1.807, 2.05) is 51.4 Å². The lowest BCUT2D eigenvalue weighted by Gasteiger charge is -2.16. The van der Waals surface area contributed by atoms with Crippen molar-refractivity contribution in [3.05, 3.63) is 64.3 Å². The lowest BCUT2D eigenvalue weighted by atomic mass is 10.1. The van der Waals surface area contributed by atoms with E-state index in [1.54, 1.807) is 23.6 Å². The first kappa shape index (κ1) is 18.7. The van der Waals surface area contributed by atoms with Gasteiger partial charge in [0.25, 0.3) is 5.91 Å². The van der Waals surface area contributed by atoms with Crippen LogP contribution in [0, 0.1) is 20.8 Å². The van der Waals surface area contributed by atoms with Gasteiger partial charge in [-0.3, -0.25) is 9.48 Å². The van der Waals surface area contributed by atoms with Gasteiger partial charge in [-0.2, -0.15) is 5.10 Å². The summed E-state index contributed by atoms with van der Waals surface area (Å²) in [6.45, 7) is 6.38. The van der Waals surface area contributed by atoms with Crippen molar-refractivity contribution in [3.63, 3.8) is 0 Å². The van der Waals surface area contributed by atoms with E-state index in [9.17, 15) is 4.79 Å². The van der Waals surface area contributed by atoms with E-state index < -0.39 is 0 Å².